The Balaban J connectivity index is 0.924. The first-order valence-corrected chi connectivity index (χ1v) is 26.7. The molecule has 3 aromatic carbocycles. The molecular formula is C55H69N13O6S. The number of anilines is 1. The molecule has 5 aromatic rings. The first kappa shape index (κ1) is 54.0. The Morgan fingerprint density at radius 3 is 2.17 bits per heavy atom. The van der Waals surface area contributed by atoms with Crippen LogP contribution in [-0.2, 0) is 25.2 Å². The minimum atomic E-state index is -1.47. The molecule has 3 aliphatic heterocycles. The van der Waals surface area contributed by atoms with Gasteiger partial charge in [-0.3, -0.25) is 23.4 Å². The van der Waals surface area contributed by atoms with Gasteiger partial charge in [0.25, 0.3) is 5.91 Å². The number of amides is 4. The maximum Gasteiger partial charge on any atom is 0.274 e. The lowest BCUT2D eigenvalue weighted by Gasteiger charge is -2.39. The van der Waals surface area contributed by atoms with Crippen molar-refractivity contribution in [3.63, 3.8) is 0 Å². The number of fused-ring (bicyclic) bond motifs is 2. The lowest BCUT2D eigenvalue weighted by atomic mass is 9.98. The van der Waals surface area contributed by atoms with E-state index < -0.39 is 57.4 Å². The molecule has 19 nitrogen and oxygen atoms in total. The Kier molecular flexibility index (Phi) is 16.9. The highest BCUT2D eigenvalue weighted by molar-refractivity contribution is 7.86. The van der Waals surface area contributed by atoms with Crippen molar-refractivity contribution in [2.24, 2.45) is 22.4 Å². The number of carbonyl (C=O) groups excluding carboxylic acids is 4. The van der Waals surface area contributed by atoms with Crippen molar-refractivity contribution < 1.29 is 28.1 Å². The third-order valence-electron chi connectivity index (χ3n) is 14.4. The van der Waals surface area contributed by atoms with Crippen LogP contribution in [0.3, 0.4) is 0 Å². The lowest BCUT2D eigenvalue weighted by Crippen LogP contribution is -2.62. The van der Waals surface area contributed by atoms with Gasteiger partial charge < -0.3 is 46.9 Å². The summed E-state index contributed by atoms with van der Waals surface area (Å²) in [5, 5.41) is 9.64. The van der Waals surface area contributed by atoms with Gasteiger partial charge in [-0.1, -0.05) is 60.7 Å². The van der Waals surface area contributed by atoms with Crippen LogP contribution in [0.1, 0.15) is 101 Å². The minimum absolute atomic E-state index is 0.112. The number of rotatable bonds is 15. The fourth-order valence-electron chi connectivity index (χ4n) is 9.66. The number of likely N-dealkylation sites (N-methyl/N-ethyl adjacent to an activating group) is 1. The van der Waals surface area contributed by atoms with Gasteiger partial charge in [-0.15, -0.1) is 0 Å². The Hall–Kier alpha value is -7.32. The molecular weight excluding hydrogens is 971 g/mol. The van der Waals surface area contributed by atoms with Gasteiger partial charge in [-0.2, -0.15) is 0 Å². The summed E-state index contributed by atoms with van der Waals surface area (Å²) in [7, 11) is 0.187. The molecule has 3 fully saturated rings. The summed E-state index contributed by atoms with van der Waals surface area (Å²) >= 11 is 0. The summed E-state index contributed by atoms with van der Waals surface area (Å²) in [5.74, 6) is 0.322. The summed E-state index contributed by atoms with van der Waals surface area (Å²) in [5.41, 5.74) is 15.9. The van der Waals surface area contributed by atoms with Crippen LogP contribution in [-0.4, -0.2) is 132 Å². The highest BCUT2D eigenvalue weighted by atomic mass is 32.2. The molecule has 8 rings (SSSR count). The van der Waals surface area contributed by atoms with Gasteiger partial charge >= 0.3 is 0 Å². The van der Waals surface area contributed by atoms with Crippen LogP contribution in [0.4, 0.5) is 11.6 Å². The number of piperidine rings is 1. The number of hydrogen-bond donors (Lipinski definition) is 5. The average Bonchev–Trinajstić information content (AvgIpc) is 3.85. The molecule has 3 saturated heterocycles. The molecule has 20 heteroatoms. The number of nitrogens with two attached hydrogens (primary N) is 2. The van der Waals surface area contributed by atoms with Gasteiger partial charge in [0.2, 0.25) is 17.7 Å². The van der Waals surface area contributed by atoms with E-state index in [-0.39, 0.29) is 42.5 Å². The van der Waals surface area contributed by atoms with E-state index in [4.69, 9.17) is 16.2 Å². The Bertz CT molecular complexity index is 2920. The predicted molar refractivity (Wildman–Crippen MR) is 290 cm³/mol. The van der Waals surface area contributed by atoms with Gasteiger partial charge in [-0.25, -0.2) is 24.9 Å². The number of ether oxygens (including phenoxy) is 1. The van der Waals surface area contributed by atoms with Crippen LogP contribution >= 0.6 is 0 Å². The van der Waals surface area contributed by atoms with Crippen LogP contribution in [0.25, 0.3) is 10.9 Å². The smallest absolute Gasteiger partial charge is 0.274 e. The van der Waals surface area contributed by atoms with E-state index in [0.717, 1.165) is 24.0 Å². The minimum Gasteiger partial charge on any atom is -0.492 e. The normalized spacial score (nSPS) is 19.9. The second kappa shape index (κ2) is 23.5. The van der Waals surface area contributed by atoms with E-state index in [1.807, 2.05) is 81.4 Å². The first-order valence-electron chi connectivity index (χ1n) is 25.6. The molecule has 75 heavy (non-hydrogen) atoms. The van der Waals surface area contributed by atoms with Crippen molar-refractivity contribution in [3.05, 3.63) is 120 Å². The maximum atomic E-state index is 14.7. The highest BCUT2D eigenvalue weighted by Crippen LogP contribution is 2.37. The monoisotopic (exact) mass is 1040 g/mol. The molecule has 2 aromatic heterocycles. The fourth-order valence-corrected chi connectivity index (χ4v) is 10.8. The summed E-state index contributed by atoms with van der Waals surface area (Å²) in [4.78, 5) is 85.3. The van der Waals surface area contributed by atoms with E-state index in [2.05, 4.69) is 45.8 Å². The molecule has 0 radical (unpaired) electrons. The standard InChI is InChI=1S/C55H69N13O6S/c1-33(34(2)56)49(57)65-50-40-26-46(75(73)55(4,5)6)45(27-41(40)61-32-62-50)74-31-36-20-23-66(24-21-36)47-29-59-42(28-60-47)53(71)67-25-22-39-18-19-44(68(39)54(72)43(30-67)63-51(69)35(3)58-7)52(70)64-48(37-14-10-8-11-15-37)38-16-12-9-13-17-38/h8-17,26-29,32,35-36,39,43-44,48,58H,18-25,30-31,56H2,1-7H3,(H,63,69)(H,64,70)(H2,57,61,62,65)/b34-33-. The van der Waals surface area contributed by atoms with Crippen molar-refractivity contribution in [3.8, 4) is 5.75 Å². The molecule has 0 spiro atoms. The third-order valence-corrected chi connectivity index (χ3v) is 16.2. The molecule has 4 amide bonds. The van der Waals surface area contributed by atoms with Gasteiger partial charge in [-0.05, 0) is 104 Å². The Morgan fingerprint density at radius 2 is 1.56 bits per heavy atom. The summed E-state index contributed by atoms with van der Waals surface area (Å²) in [6.45, 7) is 12.8. The van der Waals surface area contributed by atoms with Crippen LogP contribution in [0, 0.1) is 5.92 Å². The van der Waals surface area contributed by atoms with Crippen molar-refractivity contribution in [1.29, 1.82) is 0 Å². The summed E-state index contributed by atoms with van der Waals surface area (Å²) in [6, 6.07) is 19.7. The Morgan fingerprint density at radius 1 is 0.880 bits per heavy atom. The lowest BCUT2D eigenvalue weighted by molar-refractivity contribution is -0.145. The third kappa shape index (κ3) is 12.5. The van der Waals surface area contributed by atoms with Crippen molar-refractivity contribution in [2.45, 2.75) is 113 Å². The molecule has 396 valence electrons. The molecule has 0 bridgehead atoms. The average molecular weight is 1040 g/mol. The topological polar surface area (TPSA) is 256 Å². The number of aromatic nitrogens is 4. The quantitative estimate of drug-likeness (QED) is 0.0679. The number of hydrogen-bond acceptors (Lipinski definition) is 14. The largest absolute Gasteiger partial charge is 0.492 e. The first-order chi connectivity index (χ1) is 35.9. The molecule has 0 saturated carbocycles. The fraction of sp³-hybridized carbons (Fsp3) is 0.436. The molecule has 5 heterocycles. The van der Waals surface area contributed by atoms with E-state index >= 15 is 0 Å². The summed E-state index contributed by atoms with van der Waals surface area (Å²) < 4.78 is 19.9. The zero-order valence-electron chi connectivity index (χ0n) is 43.8. The molecule has 7 N–H and O–H groups in total. The number of amidine groups is 1. The predicted octanol–water partition coefficient (Wildman–Crippen LogP) is 5.07. The molecule has 3 aliphatic rings. The summed E-state index contributed by atoms with van der Waals surface area (Å²) in [6.07, 6.45) is 7.45. The Labute approximate surface area is 440 Å². The number of allylic oxidation sites excluding steroid dienone is 1. The van der Waals surface area contributed by atoms with Crippen molar-refractivity contribution in [1.82, 2.24) is 45.7 Å². The van der Waals surface area contributed by atoms with E-state index in [9.17, 15) is 23.4 Å². The van der Waals surface area contributed by atoms with Crippen molar-refractivity contribution in [2.75, 3.05) is 44.7 Å². The maximum absolute atomic E-state index is 14.7. The van der Waals surface area contributed by atoms with Crippen LogP contribution < -0.4 is 37.1 Å². The zero-order valence-corrected chi connectivity index (χ0v) is 44.6. The number of benzene rings is 3. The van der Waals surface area contributed by atoms with E-state index in [1.54, 1.807) is 55.9 Å². The SMILES string of the molecule is CNC(C)C(=O)NC1CN(C(=O)c2cnc(N3CCC(COc4cc5ncnc(N=C(N)/C(C)=C(/C)N)c5cc4S(=O)C(C)(C)C)CC3)cn2)CCC2CCC(C(=O)NC(c3ccccc3)c3ccccc3)N2C1=O. The zero-order chi connectivity index (χ0) is 53.6. The van der Waals surface area contributed by atoms with Gasteiger partial charge in [0.1, 0.15) is 41.5 Å². The van der Waals surface area contributed by atoms with E-state index in [1.165, 1.54) is 12.5 Å². The molecule has 0 aliphatic carbocycles. The van der Waals surface area contributed by atoms with Gasteiger partial charge in [0, 0.05) is 53.1 Å². The second-order valence-electron chi connectivity index (χ2n) is 20.6. The second-order valence-corrected chi connectivity index (χ2v) is 22.8. The molecule has 5 atom stereocenters. The highest BCUT2D eigenvalue weighted by Gasteiger charge is 2.46. The number of aliphatic imine (C=N–C) groups is 1. The number of nitrogens with one attached hydrogen (secondary N) is 3. The van der Waals surface area contributed by atoms with Gasteiger partial charge in [0.15, 0.2) is 5.82 Å². The van der Waals surface area contributed by atoms with Gasteiger partial charge in [0.05, 0.1) is 58.8 Å². The van der Waals surface area contributed by atoms with Crippen molar-refractivity contribution >= 4 is 62.8 Å². The van der Waals surface area contributed by atoms with Crippen LogP contribution in [0.2, 0.25) is 0 Å². The van der Waals surface area contributed by atoms with Crippen LogP contribution in [0.5, 0.6) is 5.75 Å². The number of nitrogens with zero attached hydrogens (tertiary/aromatic N) is 8. The van der Waals surface area contributed by atoms with E-state index in [0.29, 0.717) is 83.4 Å². The number of carbonyl (C=O) groups is 4. The molecule has 5 unspecified atom stereocenters. The van der Waals surface area contributed by atoms with Crippen LogP contribution in [0.15, 0.2) is 113 Å².